The first-order valence-corrected chi connectivity index (χ1v) is 6.90. The predicted molar refractivity (Wildman–Crippen MR) is 72.9 cm³/mol. The number of carbonyl (C=O) groups is 1. The first-order valence-electron chi connectivity index (χ1n) is 6.90. The largest absolute Gasteiger partial charge is 0.463 e. The third-order valence-corrected chi connectivity index (χ3v) is 2.73. The van der Waals surface area contributed by atoms with E-state index < -0.39 is 0 Å². The topological polar surface area (TPSA) is 26.3 Å². The van der Waals surface area contributed by atoms with E-state index >= 15 is 0 Å². The number of allylic oxidation sites excluding steroid dienone is 1. The van der Waals surface area contributed by atoms with Crippen molar-refractivity contribution in [1.82, 2.24) is 0 Å². The standard InChI is InChI=1S/C15H28O2/c1-5-6-7-8-9-14(4)12-15(16)17-11-10-13(2)3/h12-13H,5-11H2,1-4H3/b14-12+. The Morgan fingerprint density at radius 3 is 2.53 bits per heavy atom. The van der Waals surface area contributed by atoms with Gasteiger partial charge in [0.1, 0.15) is 0 Å². The molecule has 17 heavy (non-hydrogen) atoms. The SMILES string of the molecule is CCCCCC/C(C)=C/C(=O)OCCC(C)C. The van der Waals surface area contributed by atoms with Crippen LogP contribution in [0, 0.1) is 5.92 Å². The summed E-state index contributed by atoms with van der Waals surface area (Å²) in [5, 5.41) is 0. The Labute approximate surface area is 106 Å². The van der Waals surface area contributed by atoms with E-state index in [-0.39, 0.29) is 5.97 Å². The molecule has 0 bridgehead atoms. The summed E-state index contributed by atoms with van der Waals surface area (Å²) in [6.07, 6.45) is 8.56. The van der Waals surface area contributed by atoms with Gasteiger partial charge in [0, 0.05) is 6.08 Å². The first kappa shape index (κ1) is 16.2. The zero-order chi connectivity index (χ0) is 13.1. The summed E-state index contributed by atoms with van der Waals surface area (Å²) < 4.78 is 5.14. The molecule has 0 saturated heterocycles. The van der Waals surface area contributed by atoms with Crippen LogP contribution in [0.5, 0.6) is 0 Å². The van der Waals surface area contributed by atoms with Crippen LogP contribution in [0.1, 0.15) is 66.2 Å². The normalized spacial score (nSPS) is 11.9. The summed E-state index contributed by atoms with van der Waals surface area (Å²) in [6.45, 7) is 9.01. The minimum absolute atomic E-state index is 0.182. The van der Waals surface area contributed by atoms with Crippen molar-refractivity contribution < 1.29 is 9.53 Å². The van der Waals surface area contributed by atoms with Crippen LogP contribution >= 0.6 is 0 Å². The molecule has 0 aromatic heterocycles. The number of carbonyl (C=O) groups excluding carboxylic acids is 1. The van der Waals surface area contributed by atoms with Gasteiger partial charge >= 0.3 is 5.97 Å². The molecule has 0 unspecified atom stereocenters. The Morgan fingerprint density at radius 1 is 1.24 bits per heavy atom. The van der Waals surface area contributed by atoms with Gasteiger partial charge in [-0.25, -0.2) is 4.79 Å². The molecule has 0 rings (SSSR count). The van der Waals surface area contributed by atoms with Gasteiger partial charge in [0.15, 0.2) is 0 Å². The van der Waals surface area contributed by atoms with Gasteiger partial charge in [-0.05, 0) is 32.1 Å². The Morgan fingerprint density at radius 2 is 1.94 bits per heavy atom. The average Bonchev–Trinajstić information content (AvgIpc) is 2.23. The second-order valence-electron chi connectivity index (χ2n) is 5.15. The number of esters is 1. The van der Waals surface area contributed by atoms with E-state index in [1.807, 2.05) is 6.92 Å². The quantitative estimate of drug-likeness (QED) is 0.337. The number of hydrogen-bond acceptors (Lipinski definition) is 2. The molecule has 0 aliphatic carbocycles. The van der Waals surface area contributed by atoms with E-state index in [2.05, 4.69) is 20.8 Å². The van der Waals surface area contributed by atoms with Crippen molar-refractivity contribution in [2.24, 2.45) is 5.92 Å². The van der Waals surface area contributed by atoms with Crippen LogP contribution < -0.4 is 0 Å². The Bertz CT molecular complexity index is 229. The molecule has 0 radical (unpaired) electrons. The van der Waals surface area contributed by atoms with Crippen LogP contribution in [0.2, 0.25) is 0 Å². The summed E-state index contributed by atoms with van der Waals surface area (Å²) >= 11 is 0. The van der Waals surface area contributed by atoms with Gasteiger partial charge in [-0.3, -0.25) is 0 Å². The van der Waals surface area contributed by atoms with Crippen LogP contribution in [0.4, 0.5) is 0 Å². The maximum Gasteiger partial charge on any atom is 0.330 e. The second-order valence-corrected chi connectivity index (χ2v) is 5.15. The molecule has 0 spiro atoms. The summed E-state index contributed by atoms with van der Waals surface area (Å²) in [7, 11) is 0. The van der Waals surface area contributed by atoms with E-state index in [1.165, 1.54) is 25.7 Å². The molecule has 2 heteroatoms. The monoisotopic (exact) mass is 240 g/mol. The predicted octanol–water partition coefficient (Wildman–Crippen LogP) is 4.49. The van der Waals surface area contributed by atoms with E-state index in [9.17, 15) is 4.79 Å². The van der Waals surface area contributed by atoms with Gasteiger partial charge in [-0.2, -0.15) is 0 Å². The van der Waals surface area contributed by atoms with Crippen molar-refractivity contribution in [2.45, 2.75) is 66.2 Å². The third kappa shape index (κ3) is 11.5. The Balaban J connectivity index is 3.67. The molecule has 0 heterocycles. The highest BCUT2D eigenvalue weighted by Crippen LogP contribution is 2.09. The molecule has 0 atom stereocenters. The first-order chi connectivity index (χ1) is 8.06. The van der Waals surface area contributed by atoms with Crippen molar-refractivity contribution in [3.63, 3.8) is 0 Å². The van der Waals surface area contributed by atoms with Gasteiger partial charge in [0.25, 0.3) is 0 Å². The van der Waals surface area contributed by atoms with Crippen LogP contribution in [0.25, 0.3) is 0 Å². The molecule has 0 N–H and O–H groups in total. The summed E-state index contributed by atoms with van der Waals surface area (Å²) in [4.78, 5) is 11.4. The summed E-state index contributed by atoms with van der Waals surface area (Å²) in [5.41, 5.74) is 1.13. The molecule has 2 nitrogen and oxygen atoms in total. The van der Waals surface area contributed by atoms with Crippen molar-refractivity contribution in [1.29, 1.82) is 0 Å². The highest BCUT2D eigenvalue weighted by Gasteiger charge is 2.01. The summed E-state index contributed by atoms with van der Waals surface area (Å²) in [5.74, 6) is 0.403. The highest BCUT2D eigenvalue weighted by atomic mass is 16.5. The summed E-state index contributed by atoms with van der Waals surface area (Å²) in [6, 6.07) is 0. The van der Waals surface area contributed by atoms with E-state index in [0.29, 0.717) is 12.5 Å². The fourth-order valence-electron chi connectivity index (χ4n) is 1.54. The number of ether oxygens (including phenoxy) is 1. The van der Waals surface area contributed by atoms with Gasteiger partial charge in [-0.1, -0.05) is 45.6 Å². The number of unbranched alkanes of at least 4 members (excludes halogenated alkanes) is 3. The lowest BCUT2D eigenvalue weighted by atomic mass is 10.1. The molecule has 0 aliphatic rings. The molecule has 0 saturated carbocycles. The molecular formula is C15H28O2. The number of hydrogen-bond donors (Lipinski definition) is 0. The Kier molecular flexibility index (Phi) is 9.89. The van der Waals surface area contributed by atoms with E-state index in [0.717, 1.165) is 18.4 Å². The van der Waals surface area contributed by atoms with Gasteiger partial charge < -0.3 is 4.74 Å². The van der Waals surface area contributed by atoms with Crippen LogP contribution in [-0.2, 0) is 9.53 Å². The minimum atomic E-state index is -0.182. The molecule has 0 aromatic rings. The molecular weight excluding hydrogens is 212 g/mol. The zero-order valence-electron chi connectivity index (χ0n) is 11.9. The maximum absolute atomic E-state index is 11.4. The van der Waals surface area contributed by atoms with Crippen molar-refractivity contribution in [3.8, 4) is 0 Å². The molecule has 100 valence electrons. The molecule has 0 aromatic carbocycles. The van der Waals surface area contributed by atoms with Gasteiger partial charge in [0.05, 0.1) is 6.61 Å². The lowest BCUT2D eigenvalue weighted by Crippen LogP contribution is -2.05. The van der Waals surface area contributed by atoms with E-state index in [1.54, 1.807) is 6.08 Å². The fourth-order valence-corrected chi connectivity index (χ4v) is 1.54. The van der Waals surface area contributed by atoms with E-state index in [4.69, 9.17) is 4.74 Å². The average molecular weight is 240 g/mol. The lowest BCUT2D eigenvalue weighted by Gasteiger charge is -2.05. The van der Waals surface area contributed by atoms with Crippen molar-refractivity contribution in [3.05, 3.63) is 11.6 Å². The van der Waals surface area contributed by atoms with Gasteiger partial charge in [0.2, 0.25) is 0 Å². The number of rotatable bonds is 9. The lowest BCUT2D eigenvalue weighted by molar-refractivity contribution is -0.138. The molecule has 0 aliphatic heterocycles. The smallest absolute Gasteiger partial charge is 0.330 e. The molecule has 0 amide bonds. The third-order valence-electron chi connectivity index (χ3n) is 2.73. The minimum Gasteiger partial charge on any atom is -0.463 e. The Hall–Kier alpha value is -0.790. The van der Waals surface area contributed by atoms with Gasteiger partial charge in [-0.15, -0.1) is 0 Å². The van der Waals surface area contributed by atoms with Crippen molar-refractivity contribution >= 4 is 5.97 Å². The van der Waals surface area contributed by atoms with Crippen LogP contribution in [-0.4, -0.2) is 12.6 Å². The maximum atomic E-state index is 11.4. The van der Waals surface area contributed by atoms with Crippen LogP contribution in [0.15, 0.2) is 11.6 Å². The second kappa shape index (κ2) is 10.4. The highest BCUT2D eigenvalue weighted by molar-refractivity contribution is 5.82. The fraction of sp³-hybridized carbons (Fsp3) is 0.800. The van der Waals surface area contributed by atoms with Crippen molar-refractivity contribution in [2.75, 3.05) is 6.61 Å². The zero-order valence-corrected chi connectivity index (χ0v) is 11.9. The van der Waals surface area contributed by atoms with Crippen LogP contribution in [0.3, 0.4) is 0 Å². The molecule has 0 fully saturated rings.